The van der Waals surface area contributed by atoms with E-state index in [0.717, 1.165) is 10.9 Å². The van der Waals surface area contributed by atoms with E-state index in [0.29, 0.717) is 12.1 Å². The Morgan fingerprint density at radius 1 is 1.40 bits per heavy atom. The van der Waals surface area contributed by atoms with Crippen LogP contribution in [-0.4, -0.2) is 11.1 Å². The lowest BCUT2D eigenvalue weighted by molar-refractivity contribution is 0.0664. The molecule has 0 unspecified atom stereocenters. The fourth-order valence-corrected chi connectivity index (χ4v) is 1.55. The van der Waals surface area contributed by atoms with E-state index in [1.165, 1.54) is 6.07 Å². The molecule has 1 aromatic heterocycles. The molecule has 0 saturated heterocycles. The predicted octanol–water partition coefficient (Wildman–Crippen LogP) is 3.23. The fourth-order valence-electron chi connectivity index (χ4n) is 1.55. The SMILES string of the molecule is CC(C)OCc1c[nH]c2c(F)cccc12. The van der Waals surface area contributed by atoms with Crippen LogP contribution in [0.1, 0.15) is 19.4 Å². The average Bonchev–Trinajstić information content (AvgIpc) is 2.59. The lowest BCUT2D eigenvalue weighted by Crippen LogP contribution is -2.01. The van der Waals surface area contributed by atoms with Crippen LogP contribution in [0.15, 0.2) is 24.4 Å². The second-order valence-corrected chi connectivity index (χ2v) is 3.84. The molecule has 0 aliphatic carbocycles. The molecule has 3 heteroatoms. The summed E-state index contributed by atoms with van der Waals surface area (Å²) < 4.78 is 18.8. The molecule has 2 nitrogen and oxygen atoms in total. The van der Waals surface area contributed by atoms with Gasteiger partial charge in [-0.2, -0.15) is 0 Å². The highest BCUT2D eigenvalue weighted by Crippen LogP contribution is 2.21. The topological polar surface area (TPSA) is 25.0 Å². The van der Waals surface area contributed by atoms with E-state index in [2.05, 4.69) is 4.98 Å². The highest BCUT2D eigenvalue weighted by atomic mass is 19.1. The Morgan fingerprint density at radius 2 is 2.20 bits per heavy atom. The summed E-state index contributed by atoms with van der Waals surface area (Å²) in [6, 6.07) is 5.06. The summed E-state index contributed by atoms with van der Waals surface area (Å²) in [6.07, 6.45) is 1.99. The molecule has 0 fully saturated rings. The average molecular weight is 207 g/mol. The Labute approximate surface area is 88.1 Å². The second-order valence-electron chi connectivity index (χ2n) is 3.84. The minimum absolute atomic E-state index is 0.184. The number of aromatic amines is 1. The summed E-state index contributed by atoms with van der Waals surface area (Å²) in [5.74, 6) is -0.219. The standard InChI is InChI=1S/C12H14FNO/c1-8(2)15-7-9-6-14-12-10(9)4-3-5-11(12)13/h3-6,8,14H,7H2,1-2H3. The van der Waals surface area contributed by atoms with Crippen LogP contribution < -0.4 is 0 Å². The summed E-state index contributed by atoms with van der Waals surface area (Å²) in [5.41, 5.74) is 1.55. The molecule has 0 bridgehead atoms. The van der Waals surface area contributed by atoms with Crippen molar-refractivity contribution in [3.8, 4) is 0 Å². The van der Waals surface area contributed by atoms with Crippen molar-refractivity contribution >= 4 is 10.9 Å². The molecule has 0 aliphatic rings. The zero-order valence-electron chi connectivity index (χ0n) is 8.88. The Balaban J connectivity index is 2.33. The van der Waals surface area contributed by atoms with Crippen molar-refractivity contribution < 1.29 is 9.13 Å². The Kier molecular flexibility index (Phi) is 2.73. The monoisotopic (exact) mass is 207 g/mol. The number of H-pyrrole nitrogens is 1. The molecular weight excluding hydrogens is 193 g/mol. The normalized spacial score (nSPS) is 11.5. The Hall–Kier alpha value is -1.35. The number of halogens is 1. The van der Waals surface area contributed by atoms with E-state index >= 15 is 0 Å². The van der Waals surface area contributed by atoms with Gasteiger partial charge in [-0.05, 0) is 19.9 Å². The van der Waals surface area contributed by atoms with E-state index < -0.39 is 0 Å². The van der Waals surface area contributed by atoms with Crippen molar-refractivity contribution in [1.82, 2.24) is 4.98 Å². The van der Waals surface area contributed by atoms with E-state index in [9.17, 15) is 4.39 Å². The number of nitrogens with one attached hydrogen (secondary N) is 1. The summed E-state index contributed by atoms with van der Waals surface area (Å²) in [4.78, 5) is 2.93. The van der Waals surface area contributed by atoms with Gasteiger partial charge in [0.25, 0.3) is 0 Å². The molecule has 0 radical (unpaired) electrons. The molecule has 2 aromatic rings. The van der Waals surface area contributed by atoms with Crippen LogP contribution >= 0.6 is 0 Å². The van der Waals surface area contributed by atoms with E-state index in [-0.39, 0.29) is 11.9 Å². The smallest absolute Gasteiger partial charge is 0.147 e. The summed E-state index contributed by atoms with van der Waals surface area (Å²) in [6.45, 7) is 4.48. The third-order valence-corrected chi connectivity index (χ3v) is 2.32. The molecule has 0 aliphatic heterocycles. The van der Waals surface area contributed by atoms with Gasteiger partial charge in [0.2, 0.25) is 0 Å². The number of aromatic nitrogens is 1. The van der Waals surface area contributed by atoms with Gasteiger partial charge in [0.1, 0.15) is 5.82 Å². The minimum Gasteiger partial charge on any atom is -0.374 e. The van der Waals surface area contributed by atoms with Gasteiger partial charge in [0.15, 0.2) is 0 Å². The number of hydrogen-bond acceptors (Lipinski definition) is 1. The number of ether oxygens (including phenoxy) is 1. The van der Waals surface area contributed by atoms with Gasteiger partial charge < -0.3 is 9.72 Å². The molecular formula is C12H14FNO. The van der Waals surface area contributed by atoms with Crippen LogP contribution in [0.25, 0.3) is 10.9 Å². The molecule has 1 aromatic carbocycles. The highest BCUT2D eigenvalue weighted by molar-refractivity contribution is 5.83. The molecule has 0 amide bonds. The summed E-state index contributed by atoms with van der Waals surface area (Å²) in [5, 5.41) is 0.899. The maximum Gasteiger partial charge on any atom is 0.147 e. The van der Waals surface area contributed by atoms with Gasteiger partial charge in [0, 0.05) is 17.1 Å². The Morgan fingerprint density at radius 3 is 2.93 bits per heavy atom. The first kappa shape index (κ1) is 10.2. The van der Waals surface area contributed by atoms with Gasteiger partial charge in [-0.25, -0.2) is 4.39 Å². The van der Waals surface area contributed by atoms with E-state index in [1.54, 1.807) is 12.3 Å². The lowest BCUT2D eigenvalue weighted by atomic mass is 10.2. The first-order valence-electron chi connectivity index (χ1n) is 5.04. The first-order chi connectivity index (χ1) is 7.18. The molecule has 80 valence electrons. The molecule has 0 atom stereocenters. The van der Waals surface area contributed by atoms with Crippen molar-refractivity contribution in [2.75, 3.05) is 0 Å². The van der Waals surface area contributed by atoms with Gasteiger partial charge in [-0.15, -0.1) is 0 Å². The molecule has 0 spiro atoms. The quantitative estimate of drug-likeness (QED) is 0.821. The van der Waals surface area contributed by atoms with Gasteiger partial charge >= 0.3 is 0 Å². The maximum absolute atomic E-state index is 13.3. The molecule has 0 saturated carbocycles. The van der Waals surface area contributed by atoms with E-state index in [4.69, 9.17) is 4.74 Å². The zero-order chi connectivity index (χ0) is 10.8. The molecule has 1 heterocycles. The van der Waals surface area contributed by atoms with Gasteiger partial charge in [-0.3, -0.25) is 0 Å². The third-order valence-electron chi connectivity index (χ3n) is 2.32. The van der Waals surface area contributed by atoms with Crippen LogP contribution in [-0.2, 0) is 11.3 Å². The number of para-hydroxylation sites is 1. The van der Waals surface area contributed by atoms with Crippen LogP contribution in [0.2, 0.25) is 0 Å². The fraction of sp³-hybridized carbons (Fsp3) is 0.333. The van der Waals surface area contributed by atoms with Crippen LogP contribution in [0, 0.1) is 5.82 Å². The molecule has 1 N–H and O–H groups in total. The predicted molar refractivity (Wildman–Crippen MR) is 58.2 cm³/mol. The largest absolute Gasteiger partial charge is 0.374 e. The van der Waals surface area contributed by atoms with Crippen molar-refractivity contribution in [3.63, 3.8) is 0 Å². The lowest BCUT2D eigenvalue weighted by Gasteiger charge is -2.05. The molecule has 15 heavy (non-hydrogen) atoms. The first-order valence-corrected chi connectivity index (χ1v) is 5.04. The summed E-state index contributed by atoms with van der Waals surface area (Å²) in [7, 11) is 0. The number of benzene rings is 1. The van der Waals surface area contributed by atoms with Gasteiger partial charge in [-0.1, -0.05) is 12.1 Å². The maximum atomic E-state index is 13.3. The van der Waals surface area contributed by atoms with E-state index in [1.807, 2.05) is 19.9 Å². The van der Waals surface area contributed by atoms with Crippen molar-refractivity contribution in [2.45, 2.75) is 26.6 Å². The van der Waals surface area contributed by atoms with Crippen LogP contribution in [0.3, 0.4) is 0 Å². The van der Waals surface area contributed by atoms with Crippen molar-refractivity contribution in [2.24, 2.45) is 0 Å². The van der Waals surface area contributed by atoms with Crippen molar-refractivity contribution in [1.29, 1.82) is 0 Å². The summed E-state index contributed by atoms with van der Waals surface area (Å²) >= 11 is 0. The number of rotatable bonds is 3. The van der Waals surface area contributed by atoms with Crippen LogP contribution in [0.4, 0.5) is 4.39 Å². The number of fused-ring (bicyclic) bond motifs is 1. The van der Waals surface area contributed by atoms with Crippen molar-refractivity contribution in [3.05, 3.63) is 35.8 Å². The molecule has 2 rings (SSSR count). The van der Waals surface area contributed by atoms with Crippen LogP contribution in [0.5, 0.6) is 0 Å². The third kappa shape index (κ3) is 2.02. The zero-order valence-corrected chi connectivity index (χ0v) is 8.88. The number of hydrogen-bond donors (Lipinski definition) is 1. The van der Waals surface area contributed by atoms with Gasteiger partial charge in [0.05, 0.1) is 18.2 Å². The Bertz CT molecular complexity index is 462. The highest BCUT2D eigenvalue weighted by Gasteiger charge is 2.07. The second kappa shape index (κ2) is 4.03. The minimum atomic E-state index is -0.219.